The number of thiazole rings is 1. The maximum atomic E-state index is 13.8. The summed E-state index contributed by atoms with van der Waals surface area (Å²) in [7, 11) is 0. The number of fused-ring (bicyclic) bond motifs is 1. The summed E-state index contributed by atoms with van der Waals surface area (Å²) in [5.41, 5.74) is 2.86. The first-order valence-corrected chi connectivity index (χ1v) is 16.2. The van der Waals surface area contributed by atoms with Crippen molar-refractivity contribution < 1.29 is 14.4 Å². The molecule has 1 aliphatic rings. The van der Waals surface area contributed by atoms with Crippen LogP contribution in [0.2, 0.25) is 0 Å². The predicted molar refractivity (Wildman–Crippen MR) is 166 cm³/mol. The van der Waals surface area contributed by atoms with Gasteiger partial charge in [-0.1, -0.05) is 53.2 Å². The third-order valence-electron chi connectivity index (χ3n) is 8.38. The summed E-state index contributed by atoms with van der Waals surface area (Å²) < 4.78 is 1.13. The summed E-state index contributed by atoms with van der Waals surface area (Å²) in [5.74, 6) is 0.0403. The zero-order valence-electron chi connectivity index (χ0n) is 25.1. The fraction of sp³-hybridized carbons (Fsp3) is 0.636. The van der Waals surface area contributed by atoms with Crippen LogP contribution >= 0.6 is 11.3 Å². The van der Waals surface area contributed by atoms with E-state index < -0.39 is 5.92 Å². The molecule has 3 rings (SSSR count). The molecule has 2 atom stereocenters. The molecule has 0 radical (unpaired) electrons. The Morgan fingerprint density at radius 2 is 1.82 bits per heavy atom. The van der Waals surface area contributed by atoms with Gasteiger partial charge in [0.2, 0.25) is 5.91 Å². The summed E-state index contributed by atoms with van der Waals surface area (Å²) in [5, 5.41) is 4.23. The van der Waals surface area contributed by atoms with Crippen molar-refractivity contribution >= 4 is 39.0 Å². The number of carbonyl (C=O) groups excluding carboxylic acids is 3. The standard InChI is InChI=1S/C33H49N3O3S/c1-6-12-27(37)20-26(21-32-34-29-16-15-24(7-2)19-31(29)40-32)33(39)35-28(25-13-10-11-14-25)17-18-30(38)23(5)22-36(8-3)9-4/h15-16,19,25-26,28H,5-14,17-18,20-22H2,1-4H3,(H,35,39)/t26-,28+/m0/s1. The van der Waals surface area contributed by atoms with Crippen LogP contribution in [-0.2, 0) is 27.2 Å². The molecule has 0 aliphatic heterocycles. The second kappa shape index (κ2) is 16.2. The number of hydrogen-bond donors (Lipinski definition) is 1. The Labute approximate surface area is 245 Å². The third kappa shape index (κ3) is 9.34. The lowest BCUT2D eigenvalue weighted by Gasteiger charge is -2.27. The van der Waals surface area contributed by atoms with Crippen molar-refractivity contribution in [3.8, 4) is 0 Å². The number of nitrogens with zero attached hydrogens (tertiary/aromatic N) is 2. The van der Waals surface area contributed by atoms with E-state index in [2.05, 4.69) is 49.7 Å². The highest BCUT2D eigenvalue weighted by Gasteiger charge is 2.31. The Bertz CT molecular complexity index is 1150. The van der Waals surface area contributed by atoms with Crippen molar-refractivity contribution in [3.05, 3.63) is 40.9 Å². The van der Waals surface area contributed by atoms with Crippen molar-refractivity contribution in [3.63, 3.8) is 0 Å². The molecule has 0 unspecified atom stereocenters. The second-order valence-corrected chi connectivity index (χ2v) is 12.5. The normalized spacial score (nSPS) is 15.4. The second-order valence-electron chi connectivity index (χ2n) is 11.3. The zero-order valence-corrected chi connectivity index (χ0v) is 25.9. The summed E-state index contributed by atoms with van der Waals surface area (Å²) in [4.78, 5) is 46.4. The molecule has 0 spiro atoms. The summed E-state index contributed by atoms with van der Waals surface area (Å²) >= 11 is 1.62. The molecule has 7 heteroatoms. The minimum absolute atomic E-state index is 0.0635. The number of likely N-dealkylation sites (N-methyl/N-ethyl adjacent to an activating group) is 1. The molecule has 220 valence electrons. The number of Topliss-reactive ketones (excluding diaryl/α,β-unsaturated/α-hetero) is 2. The van der Waals surface area contributed by atoms with Gasteiger partial charge in [-0.15, -0.1) is 11.3 Å². The van der Waals surface area contributed by atoms with Crippen LogP contribution in [-0.4, -0.2) is 53.0 Å². The quantitative estimate of drug-likeness (QED) is 0.203. The summed E-state index contributed by atoms with van der Waals surface area (Å²) in [6.45, 7) is 14.7. The number of benzene rings is 1. The Morgan fingerprint density at radius 3 is 2.48 bits per heavy atom. The molecule has 1 saturated carbocycles. The lowest BCUT2D eigenvalue weighted by atomic mass is 9.90. The molecule has 1 aromatic heterocycles. The average Bonchev–Trinajstić information content (AvgIpc) is 3.62. The molecule has 0 saturated heterocycles. The van der Waals surface area contributed by atoms with Crippen molar-refractivity contribution in [1.29, 1.82) is 0 Å². The molecule has 1 fully saturated rings. The molecule has 1 aromatic carbocycles. The van der Waals surface area contributed by atoms with E-state index in [-0.39, 0.29) is 29.9 Å². The number of amides is 1. The van der Waals surface area contributed by atoms with E-state index in [1.807, 2.05) is 13.0 Å². The monoisotopic (exact) mass is 567 g/mol. The lowest BCUT2D eigenvalue weighted by molar-refractivity contribution is -0.130. The Balaban J connectivity index is 1.72. The highest BCUT2D eigenvalue weighted by atomic mass is 32.1. The molecule has 0 bridgehead atoms. The molecule has 6 nitrogen and oxygen atoms in total. The van der Waals surface area contributed by atoms with Crippen LogP contribution in [0.4, 0.5) is 0 Å². The van der Waals surface area contributed by atoms with Gasteiger partial charge >= 0.3 is 0 Å². The topological polar surface area (TPSA) is 79.4 Å². The van der Waals surface area contributed by atoms with E-state index in [1.165, 1.54) is 5.56 Å². The van der Waals surface area contributed by atoms with Gasteiger partial charge in [0.25, 0.3) is 0 Å². The molecule has 1 N–H and O–H groups in total. The number of hydrogen-bond acceptors (Lipinski definition) is 6. The van der Waals surface area contributed by atoms with E-state index in [9.17, 15) is 14.4 Å². The lowest BCUT2D eigenvalue weighted by Crippen LogP contribution is -2.44. The molecule has 2 aromatic rings. The first-order valence-electron chi connectivity index (χ1n) is 15.4. The van der Waals surface area contributed by atoms with Crippen molar-refractivity contribution in [2.75, 3.05) is 19.6 Å². The van der Waals surface area contributed by atoms with E-state index in [4.69, 9.17) is 4.98 Å². The zero-order chi connectivity index (χ0) is 29.1. The van der Waals surface area contributed by atoms with Crippen LogP contribution in [0.5, 0.6) is 0 Å². The van der Waals surface area contributed by atoms with Crippen LogP contribution in [0.25, 0.3) is 10.2 Å². The van der Waals surface area contributed by atoms with Crippen LogP contribution in [0.1, 0.15) is 96.1 Å². The van der Waals surface area contributed by atoms with Crippen LogP contribution < -0.4 is 5.32 Å². The first kappa shape index (κ1) is 32.1. The maximum Gasteiger partial charge on any atom is 0.224 e. The van der Waals surface area contributed by atoms with Crippen LogP contribution in [0.15, 0.2) is 30.4 Å². The molecular formula is C33H49N3O3S. The van der Waals surface area contributed by atoms with Gasteiger partial charge in [0, 0.05) is 43.8 Å². The highest BCUT2D eigenvalue weighted by molar-refractivity contribution is 7.18. The van der Waals surface area contributed by atoms with E-state index in [1.54, 1.807) is 11.3 Å². The fourth-order valence-electron chi connectivity index (χ4n) is 5.80. The van der Waals surface area contributed by atoms with Crippen LogP contribution in [0.3, 0.4) is 0 Å². The molecule has 1 heterocycles. The minimum Gasteiger partial charge on any atom is -0.353 e. The molecule has 40 heavy (non-hydrogen) atoms. The molecule has 1 amide bonds. The average molecular weight is 568 g/mol. The van der Waals surface area contributed by atoms with E-state index >= 15 is 0 Å². The van der Waals surface area contributed by atoms with Gasteiger partial charge in [0.1, 0.15) is 5.78 Å². The largest absolute Gasteiger partial charge is 0.353 e. The van der Waals surface area contributed by atoms with Gasteiger partial charge in [-0.2, -0.15) is 0 Å². The first-order chi connectivity index (χ1) is 19.3. The number of carbonyl (C=O) groups is 3. The number of aromatic nitrogens is 1. The Kier molecular flexibility index (Phi) is 13.0. The Morgan fingerprint density at radius 1 is 1.10 bits per heavy atom. The minimum atomic E-state index is -0.456. The smallest absolute Gasteiger partial charge is 0.224 e. The van der Waals surface area contributed by atoms with Gasteiger partial charge in [-0.05, 0) is 68.8 Å². The van der Waals surface area contributed by atoms with Crippen molar-refractivity contribution in [2.45, 2.75) is 104 Å². The predicted octanol–water partition coefficient (Wildman–Crippen LogP) is 6.70. The number of rotatable bonds is 18. The summed E-state index contributed by atoms with van der Waals surface area (Å²) in [6.07, 6.45) is 8.36. The van der Waals surface area contributed by atoms with Crippen molar-refractivity contribution in [1.82, 2.24) is 15.2 Å². The van der Waals surface area contributed by atoms with Gasteiger partial charge in [-0.25, -0.2) is 4.98 Å². The van der Waals surface area contributed by atoms with Gasteiger partial charge in [-0.3, -0.25) is 19.3 Å². The number of ketones is 2. The van der Waals surface area contributed by atoms with Gasteiger partial charge in [0.05, 0.1) is 21.1 Å². The number of aryl methyl sites for hydroxylation is 1. The Hall–Kier alpha value is -2.38. The van der Waals surface area contributed by atoms with E-state index in [0.717, 1.165) is 66.8 Å². The number of nitrogens with one attached hydrogen (secondary N) is 1. The molecule has 1 aliphatic carbocycles. The third-order valence-corrected chi connectivity index (χ3v) is 9.42. The maximum absolute atomic E-state index is 13.8. The van der Waals surface area contributed by atoms with Crippen molar-refractivity contribution in [2.24, 2.45) is 11.8 Å². The van der Waals surface area contributed by atoms with E-state index in [0.29, 0.717) is 43.7 Å². The molecular weight excluding hydrogens is 518 g/mol. The SMILES string of the molecule is C=C(CN(CC)CC)C(=O)CC[C@@H](NC(=O)[C@@H](CC(=O)CCC)Cc1nc2ccc(CC)cc2s1)C1CCCC1. The summed E-state index contributed by atoms with van der Waals surface area (Å²) in [6, 6.07) is 6.26. The fourth-order valence-corrected chi connectivity index (χ4v) is 6.91. The highest BCUT2D eigenvalue weighted by Crippen LogP contribution is 2.31. The van der Waals surface area contributed by atoms with Crippen LogP contribution in [0, 0.1) is 11.8 Å². The van der Waals surface area contributed by atoms with Gasteiger partial charge in [0.15, 0.2) is 5.78 Å². The van der Waals surface area contributed by atoms with Gasteiger partial charge < -0.3 is 5.32 Å².